The van der Waals surface area contributed by atoms with Crippen molar-refractivity contribution >= 4 is 11.5 Å². The smallest absolute Gasteiger partial charge is 0.416 e. The van der Waals surface area contributed by atoms with Gasteiger partial charge in [0.05, 0.1) is 29.0 Å². The minimum absolute atomic E-state index is 0.0211. The van der Waals surface area contributed by atoms with Crippen LogP contribution in [0.15, 0.2) is 90.7 Å². The SMILES string of the molecule is Cc1cn(-c2cc(CC(=O)c3ccc(C)c(N=c4nc(-c5cccnc5)ccn4O)c3)cc(C(F)(F)F)c2)cn1. The highest BCUT2D eigenvalue weighted by Crippen LogP contribution is 2.32. The van der Waals surface area contributed by atoms with Crippen LogP contribution in [0.5, 0.6) is 0 Å². The number of alkyl halides is 3. The van der Waals surface area contributed by atoms with Crippen LogP contribution < -0.4 is 5.62 Å². The van der Waals surface area contributed by atoms with Crippen LogP contribution in [0.4, 0.5) is 18.9 Å². The quantitative estimate of drug-likeness (QED) is 0.220. The molecule has 0 unspecified atom stereocenters. The standard InChI is InChI=1S/C29H23F3N6O2/c1-18-5-6-21(13-26(18)36-28-35-25(7-9-38(28)40)22-4-3-8-33-15-22)27(39)12-20-10-23(29(30,31)32)14-24(11-20)37-16-19(2)34-17-37/h3-11,13-17,40H,12H2,1-2H3. The van der Waals surface area contributed by atoms with Crippen molar-refractivity contribution in [3.63, 3.8) is 0 Å². The number of Topliss-reactive ketones (excluding diaryl/α,β-unsaturated/α-hetero) is 1. The second-order valence-electron chi connectivity index (χ2n) is 9.22. The van der Waals surface area contributed by atoms with Crippen LogP contribution in [0.3, 0.4) is 0 Å². The third-order valence-corrected chi connectivity index (χ3v) is 6.19. The first-order valence-corrected chi connectivity index (χ1v) is 12.2. The predicted molar refractivity (Wildman–Crippen MR) is 140 cm³/mol. The molecule has 0 aliphatic heterocycles. The number of nitrogens with zero attached hydrogens (tertiary/aromatic N) is 6. The van der Waals surface area contributed by atoms with Crippen LogP contribution in [0.25, 0.3) is 16.9 Å². The summed E-state index contributed by atoms with van der Waals surface area (Å²) in [4.78, 5) is 30.2. The molecule has 0 spiro atoms. The Kier molecular flexibility index (Phi) is 7.03. The third-order valence-electron chi connectivity index (χ3n) is 6.19. The highest BCUT2D eigenvalue weighted by molar-refractivity contribution is 5.98. The lowest BCUT2D eigenvalue weighted by atomic mass is 9.99. The van der Waals surface area contributed by atoms with Crippen LogP contribution in [0.1, 0.15) is 32.7 Å². The highest BCUT2D eigenvalue weighted by Gasteiger charge is 2.31. The van der Waals surface area contributed by atoms with Gasteiger partial charge in [0.2, 0.25) is 0 Å². The zero-order valence-corrected chi connectivity index (χ0v) is 21.5. The Morgan fingerprint density at radius 1 is 1.07 bits per heavy atom. The van der Waals surface area contributed by atoms with E-state index >= 15 is 0 Å². The lowest BCUT2D eigenvalue weighted by Gasteiger charge is -2.13. The van der Waals surface area contributed by atoms with Crippen molar-refractivity contribution in [1.82, 2.24) is 24.2 Å². The molecular formula is C29H23F3N6O2. The van der Waals surface area contributed by atoms with E-state index in [1.54, 1.807) is 56.7 Å². The van der Waals surface area contributed by atoms with Crippen molar-refractivity contribution in [2.75, 3.05) is 0 Å². The number of carbonyl (C=O) groups is 1. The summed E-state index contributed by atoms with van der Waals surface area (Å²) >= 11 is 0. The molecular weight excluding hydrogens is 521 g/mol. The molecule has 0 atom stereocenters. The molecule has 0 bridgehead atoms. The van der Waals surface area contributed by atoms with Crippen LogP contribution >= 0.6 is 0 Å². The van der Waals surface area contributed by atoms with Crippen LogP contribution in [0, 0.1) is 13.8 Å². The molecule has 0 saturated carbocycles. The Morgan fingerprint density at radius 3 is 2.60 bits per heavy atom. The Labute approximate surface area is 226 Å². The van der Waals surface area contributed by atoms with Gasteiger partial charge in [0, 0.05) is 48.0 Å². The fraction of sp³-hybridized carbons (Fsp3) is 0.138. The van der Waals surface area contributed by atoms with Gasteiger partial charge >= 0.3 is 6.18 Å². The number of hydrogen-bond acceptors (Lipinski definition) is 6. The molecule has 0 aliphatic carbocycles. The second-order valence-corrected chi connectivity index (χ2v) is 9.22. The monoisotopic (exact) mass is 544 g/mol. The minimum atomic E-state index is -4.59. The van der Waals surface area contributed by atoms with Gasteiger partial charge in [-0.1, -0.05) is 12.1 Å². The first kappa shape index (κ1) is 26.5. The largest absolute Gasteiger partial charge is 0.425 e. The van der Waals surface area contributed by atoms with E-state index in [4.69, 9.17) is 0 Å². The van der Waals surface area contributed by atoms with E-state index in [1.165, 1.54) is 29.2 Å². The molecule has 0 fully saturated rings. The van der Waals surface area contributed by atoms with Crippen molar-refractivity contribution in [1.29, 1.82) is 0 Å². The molecule has 11 heteroatoms. The average Bonchev–Trinajstić information content (AvgIpc) is 3.37. The minimum Gasteiger partial charge on any atom is -0.425 e. The molecule has 3 heterocycles. The average molecular weight is 545 g/mol. The Bertz CT molecular complexity index is 1780. The van der Waals surface area contributed by atoms with Crippen molar-refractivity contribution < 1.29 is 23.2 Å². The number of halogens is 3. The van der Waals surface area contributed by atoms with Gasteiger partial charge in [-0.15, -0.1) is 0 Å². The van der Waals surface area contributed by atoms with E-state index in [0.29, 0.717) is 22.6 Å². The number of aryl methyl sites for hydroxylation is 2. The molecule has 5 rings (SSSR count). The van der Waals surface area contributed by atoms with Crippen molar-refractivity contribution in [2.24, 2.45) is 4.99 Å². The summed E-state index contributed by atoms with van der Waals surface area (Å²) in [5, 5.41) is 10.3. The molecule has 0 saturated heterocycles. The van der Waals surface area contributed by atoms with Gasteiger partial charge in [0.15, 0.2) is 5.78 Å². The van der Waals surface area contributed by atoms with E-state index < -0.39 is 17.5 Å². The van der Waals surface area contributed by atoms with E-state index in [9.17, 15) is 23.2 Å². The summed E-state index contributed by atoms with van der Waals surface area (Å²) in [6, 6.07) is 13.5. The van der Waals surface area contributed by atoms with Crippen molar-refractivity contribution in [3.8, 4) is 16.9 Å². The molecule has 0 radical (unpaired) electrons. The molecule has 2 aromatic carbocycles. The maximum Gasteiger partial charge on any atom is 0.416 e. The number of imidazole rings is 1. The first-order valence-electron chi connectivity index (χ1n) is 12.2. The van der Waals surface area contributed by atoms with Gasteiger partial charge in [-0.05, 0) is 67.4 Å². The molecule has 0 aliphatic rings. The normalized spacial score (nSPS) is 12.1. The zero-order valence-electron chi connectivity index (χ0n) is 21.5. The fourth-order valence-electron chi connectivity index (χ4n) is 4.11. The number of carbonyl (C=O) groups excluding carboxylic acids is 1. The van der Waals surface area contributed by atoms with E-state index in [1.807, 2.05) is 6.07 Å². The maximum absolute atomic E-state index is 13.6. The highest BCUT2D eigenvalue weighted by atomic mass is 19.4. The molecule has 1 N–H and O–H groups in total. The maximum atomic E-state index is 13.6. The van der Waals surface area contributed by atoms with Gasteiger partial charge in [-0.2, -0.15) is 17.9 Å². The number of benzene rings is 2. The molecule has 8 nitrogen and oxygen atoms in total. The lowest BCUT2D eigenvalue weighted by Crippen LogP contribution is -2.22. The Hall–Kier alpha value is -5.06. The number of hydrogen-bond donors (Lipinski definition) is 1. The summed E-state index contributed by atoms with van der Waals surface area (Å²) < 4.78 is 43.2. The van der Waals surface area contributed by atoms with E-state index in [2.05, 4.69) is 19.9 Å². The first-order chi connectivity index (χ1) is 19.1. The van der Waals surface area contributed by atoms with Crippen LogP contribution in [-0.2, 0) is 12.6 Å². The van der Waals surface area contributed by atoms with Gasteiger partial charge in [-0.25, -0.2) is 15.0 Å². The van der Waals surface area contributed by atoms with Crippen LogP contribution in [-0.4, -0.2) is 35.2 Å². The molecule has 202 valence electrons. The fourth-order valence-corrected chi connectivity index (χ4v) is 4.11. The number of ketones is 1. The lowest BCUT2D eigenvalue weighted by molar-refractivity contribution is -0.137. The summed E-state index contributed by atoms with van der Waals surface area (Å²) in [6.45, 7) is 3.52. The Morgan fingerprint density at radius 2 is 1.90 bits per heavy atom. The number of rotatable bonds is 6. The van der Waals surface area contributed by atoms with Crippen LogP contribution in [0.2, 0.25) is 0 Å². The van der Waals surface area contributed by atoms with E-state index in [0.717, 1.165) is 22.4 Å². The summed E-state index contributed by atoms with van der Waals surface area (Å²) in [7, 11) is 0. The third kappa shape index (κ3) is 5.83. The topological polar surface area (TPSA) is 98.2 Å². The summed E-state index contributed by atoms with van der Waals surface area (Å²) in [6.07, 6.45) is 2.85. The second kappa shape index (κ2) is 10.6. The Balaban J connectivity index is 1.48. The number of aromatic nitrogens is 5. The molecule has 0 amide bonds. The summed E-state index contributed by atoms with van der Waals surface area (Å²) in [5.74, 6) is -0.391. The number of pyridine rings is 1. The van der Waals surface area contributed by atoms with Gasteiger partial charge in [0.25, 0.3) is 5.62 Å². The van der Waals surface area contributed by atoms with Gasteiger partial charge < -0.3 is 9.77 Å². The van der Waals surface area contributed by atoms with Gasteiger partial charge in [-0.3, -0.25) is 9.78 Å². The molecule has 3 aromatic heterocycles. The summed E-state index contributed by atoms with van der Waals surface area (Å²) in [5.41, 5.74) is 2.85. The molecule has 40 heavy (non-hydrogen) atoms. The van der Waals surface area contributed by atoms with E-state index in [-0.39, 0.29) is 28.9 Å². The van der Waals surface area contributed by atoms with Crippen molar-refractivity contribution in [2.45, 2.75) is 26.4 Å². The van der Waals surface area contributed by atoms with Crippen molar-refractivity contribution in [3.05, 3.63) is 119 Å². The molecule has 5 aromatic rings. The predicted octanol–water partition coefficient (Wildman–Crippen LogP) is 5.66. The van der Waals surface area contributed by atoms with Gasteiger partial charge in [0.1, 0.15) is 0 Å². The zero-order chi connectivity index (χ0) is 28.4.